The van der Waals surface area contributed by atoms with Gasteiger partial charge in [0.2, 0.25) is 0 Å². The Kier molecular flexibility index (Phi) is 12.0. The highest BCUT2D eigenvalue weighted by molar-refractivity contribution is 5.94. The summed E-state index contributed by atoms with van der Waals surface area (Å²) in [5.41, 5.74) is 0. The number of hydrogen-bond donors (Lipinski definition) is 0. The van der Waals surface area contributed by atoms with Gasteiger partial charge in [0.25, 0.3) is 0 Å². The first-order chi connectivity index (χ1) is 7.47. The molecule has 0 aromatic carbocycles. The molecule has 0 spiro atoms. The van der Waals surface area contributed by atoms with Crippen LogP contribution >= 0.6 is 0 Å². The Hall–Kier alpha value is -1.65. The summed E-state index contributed by atoms with van der Waals surface area (Å²) in [6, 6.07) is 0. The molecule has 16 heavy (non-hydrogen) atoms. The van der Waals surface area contributed by atoms with Crippen LogP contribution in [0.4, 0.5) is 0 Å². The fourth-order valence-electron chi connectivity index (χ4n) is 0.616. The summed E-state index contributed by atoms with van der Waals surface area (Å²) in [5.74, 6) is -0.957. The summed E-state index contributed by atoms with van der Waals surface area (Å²) in [6.07, 6.45) is 1.04. The lowest BCUT2D eigenvalue weighted by atomic mass is 10.3. The molecule has 0 aromatic heterocycles. The molecule has 0 radical (unpaired) electrons. The van der Waals surface area contributed by atoms with Gasteiger partial charge in [0.1, 0.15) is 12.2 Å². The first-order valence-electron chi connectivity index (χ1n) is 4.92. The molecule has 0 saturated carbocycles. The van der Waals surface area contributed by atoms with Crippen LogP contribution in [0.25, 0.3) is 0 Å². The van der Waals surface area contributed by atoms with Crippen molar-refractivity contribution in [2.45, 2.75) is 27.2 Å². The highest BCUT2D eigenvalue weighted by Crippen LogP contribution is 1.86. The molecule has 0 saturated heterocycles. The monoisotopic (exact) mass is 230 g/mol. The third-order valence-electron chi connectivity index (χ3n) is 1.15. The SMILES string of the molecule is C=CC(=O)OCC.CCOC(=O)CC(C)=O. The van der Waals surface area contributed by atoms with Gasteiger partial charge in [0.15, 0.2) is 0 Å². The van der Waals surface area contributed by atoms with Crippen molar-refractivity contribution in [1.82, 2.24) is 0 Å². The van der Waals surface area contributed by atoms with E-state index in [9.17, 15) is 14.4 Å². The van der Waals surface area contributed by atoms with Crippen molar-refractivity contribution in [3.8, 4) is 0 Å². The molecule has 0 heterocycles. The minimum atomic E-state index is -0.440. The van der Waals surface area contributed by atoms with Crippen LogP contribution in [0.15, 0.2) is 12.7 Å². The summed E-state index contributed by atoms with van der Waals surface area (Å²) in [4.78, 5) is 30.7. The van der Waals surface area contributed by atoms with E-state index >= 15 is 0 Å². The second-order valence-corrected chi connectivity index (χ2v) is 2.64. The van der Waals surface area contributed by atoms with Crippen LogP contribution in [0.2, 0.25) is 0 Å². The van der Waals surface area contributed by atoms with Crippen molar-refractivity contribution < 1.29 is 23.9 Å². The fraction of sp³-hybridized carbons (Fsp3) is 0.545. The topological polar surface area (TPSA) is 69.7 Å². The van der Waals surface area contributed by atoms with Gasteiger partial charge in [-0.2, -0.15) is 0 Å². The van der Waals surface area contributed by atoms with E-state index in [1.54, 1.807) is 13.8 Å². The Labute approximate surface area is 95.4 Å². The molecule has 0 aliphatic heterocycles. The molecule has 0 bridgehead atoms. The van der Waals surface area contributed by atoms with E-state index in [0.29, 0.717) is 13.2 Å². The van der Waals surface area contributed by atoms with Crippen LogP contribution < -0.4 is 0 Å². The number of Topliss-reactive ketones (excluding diaryl/α,β-unsaturated/α-hetero) is 1. The van der Waals surface area contributed by atoms with Gasteiger partial charge in [-0.1, -0.05) is 6.58 Å². The number of carbonyl (C=O) groups is 3. The number of carbonyl (C=O) groups excluding carboxylic acids is 3. The second-order valence-electron chi connectivity index (χ2n) is 2.64. The lowest BCUT2D eigenvalue weighted by molar-refractivity contribution is -0.145. The lowest BCUT2D eigenvalue weighted by Crippen LogP contribution is -2.07. The van der Waals surface area contributed by atoms with Gasteiger partial charge in [-0.3, -0.25) is 9.59 Å². The Morgan fingerprint density at radius 3 is 1.88 bits per heavy atom. The predicted octanol–water partition coefficient (Wildman–Crippen LogP) is 1.26. The second kappa shape index (κ2) is 11.4. The normalized spacial score (nSPS) is 8.19. The summed E-state index contributed by atoms with van der Waals surface area (Å²) < 4.78 is 8.93. The van der Waals surface area contributed by atoms with E-state index in [0.717, 1.165) is 6.08 Å². The van der Waals surface area contributed by atoms with Gasteiger partial charge >= 0.3 is 11.9 Å². The molecule has 0 N–H and O–H groups in total. The quantitative estimate of drug-likeness (QED) is 0.404. The van der Waals surface area contributed by atoms with Gasteiger partial charge in [-0.05, 0) is 20.8 Å². The maximum atomic E-state index is 10.4. The van der Waals surface area contributed by atoms with Crippen molar-refractivity contribution in [3.63, 3.8) is 0 Å². The molecule has 0 rings (SSSR count). The van der Waals surface area contributed by atoms with Crippen LogP contribution in [0.1, 0.15) is 27.2 Å². The largest absolute Gasteiger partial charge is 0.466 e. The molecule has 0 aliphatic carbocycles. The standard InChI is InChI=1S/C6H10O3.C5H8O2/c1-3-9-6(8)4-5(2)7;1-3-5(6)7-4-2/h3-4H2,1-2H3;3H,1,4H2,2H3. The molecular formula is C11H18O5. The zero-order chi connectivity index (χ0) is 13.0. The van der Waals surface area contributed by atoms with Crippen LogP contribution in [-0.2, 0) is 23.9 Å². The molecular weight excluding hydrogens is 212 g/mol. The lowest BCUT2D eigenvalue weighted by Gasteiger charge is -1.96. The maximum Gasteiger partial charge on any atom is 0.330 e. The van der Waals surface area contributed by atoms with E-state index in [1.807, 2.05) is 0 Å². The fourth-order valence-corrected chi connectivity index (χ4v) is 0.616. The highest BCUT2D eigenvalue weighted by atomic mass is 16.5. The van der Waals surface area contributed by atoms with Crippen LogP contribution in [-0.4, -0.2) is 30.9 Å². The predicted molar refractivity (Wildman–Crippen MR) is 58.8 cm³/mol. The minimum absolute atomic E-state index is 0.103. The summed E-state index contributed by atoms with van der Waals surface area (Å²) in [7, 11) is 0. The number of ether oxygens (including phenoxy) is 2. The molecule has 0 fully saturated rings. The van der Waals surface area contributed by atoms with Gasteiger partial charge < -0.3 is 9.47 Å². The van der Waals surface area contributed by atoms with E-state index in [1.165, 1.54) is 6.92 Å². The van der Waals surface area contributed by atoms with E-state index in [-0.39, 0.29) is 18.2 Å². The zero-order valence-electron chi connectivity index (χ0n) is 9.95. The Balaban J connectivity index is 0. The molecule has 0 aromatic rings. The van der Waals surface area contributed by atoms with Crippen molar-refractivity contribution in [2.75, 3.05) is 13.2 Å². The van der Waals surface area contributed by atoms with Crippen molar-refractivity contribution >= 4 is 17.7 Å². The third kappa shape index (κ3) is 14.9. The van der Waals surface area contributed by atoms with Crippen LogP contribution in [0.3, 0.4) is 0 Å². The summed E-state index contributed by atoms with van der Waals surface area (Å²) in [5, 5.41) is 0. The van der Waals surface area contributed by atoms with Gasteiger partial charge in [0.05, 0.1) is 13.2 Å². The van der Waals surface area contributed by atoms with Crippen LogP contribution in [0, 0.1) is 0 Å². The molecule has 0 atom stereocenters. The van der Waals surface area contributed by atoms with E-state index < -0.39 is 5.97 Å². The third-order valence-corrected chi connectivity index (χ3v) is 1.15. The number of rotatable bonds is 5. The summed E-state index contributed by atoms with van der Waals surface area (Å²) >= 11 is 0. The average Bonchev–Trinajstić information content (AvgIpc) is 2.18. The number of hydrogen-bond acceptors (Lipinski definition) is 5. The van der Waals surface area contributed by atoms with Crippen molar-refractivity contribution in [3.05, 3.63) is 12.7 Å². The van der Waals surface area contributed by atoms with Gasteiger partial charge in [-0.15, -0.1) is 0 Å². The minimum Gasteiger partial charge on any atom is -0.466 e. The molecule has 5 nitrogen and oxygen atoms in total. The Bertz CT molecular complexity index is 245. The average molecular weight is 230 g/mol. The first-order valence-corrected chi connectivity index (χ1v) is 4.92. The summed E-state index contributed by atoms with van der Waals surface area (Å²) in [6.45, 7) is 8.78. The highest BCUT2D eigenvalue weighted by Gasteiger charge is 2.03. The molecule has 5 heteroatoms. The molecule has 0 aliphatic rings. The first kappa shape index (κ1) is 16.8. The number of esters is 2. The molecule has 92 valence electrons. The van der Waals surface area contributed by atoms with Gasteiger partial charge in [0, 0.05) is 6.08 Å². The smallest absolute Gasteiger partial charge is 0.330 e. The Morgan fingerprint density at radius 1 is 1.12 bits per heavy atom. The van der Waals surface area contributed by atoms with E-state index in [4.69, 9.17) is 0 Å². The zero-order valence-corrected chi connectivity index (χ0v) is 9.95. The molecule has 0 unspecified atom stereocenters. The van der Waals surface area contributed by atoms with E-state index in [2.05, 4.69) is 16.1 Å². The van der Waals surface area contributed by atoms with Gasteiger partial charge in [-0.25, -0.2) is 4.79 Å². The molecule has 0 amide bonds. The van der Waals surface area contributed by atoms with Crippen molar-refractivity contribution in [2.24, 2.45) is 0 Å². The van der Waals surface area contributed by atoms with Crippen molar-refractivity contribution in [1.29, 1.82) is 0 Å². The van der Waals surface area contributed by atoms with Crippen LogP contribution in [0.5, 0.6) is 0 Å². The number of ketones is 1. The maximum absolute atomic E-state index is 10.4. The Morgan fingerprint density at radius 2 is 1.62 bits per heavy atom.